The normalized spacial score (nSPS) is 15.4. The molecule has 8 heteroatoms. The smallest absolute Gasteiger partial charge is 0.346 e. The van der Waals surface area contributed by atoms with Crippen molar-refractivity contribution in [1.82, 2.24) is 14.3 Å². The molecule has 0 amide bonds. The topological polar surface area (TPSA) is 77.2 Å². The van der Waals surface area contributed by atoms with Gasteiger partial charge in [-0.25, -0.2) is 13.9 Å². The van der Waals surface area contributed by atoms with Gasteiger partial charge in [0.2, 0.25) is 5.82 Å². The van der Waals surface area contributed by atoms with Gasteiger partial charge < -0.3 is 4.90 Å². The van der Waals surface area contributed by atoms with E-state index >= 15 is 0 Å². The summed E-state index contributed by atoms with van der Waals surface area (Å²) in [5.41, 5.74) is -0.419. The molecule has 7 nitrogen and oxygen atoms in total. The first-order valence-corrected chi connectivity index (χ1v) is 8.07. The third-order valence-electron chi connectivity index (χ3n) is 4.60. The van der Waals surface area contributed by atoms with Crippen molar-refractivity contribution in [3.8, 4) is 0 Å². The van der Waals surface area contributed by atoms with Crippen LogP contribution in [0.15, 0.2) is 33.9 Å². The minimum absolute atomic E-state index is 0.0130. The summed E-state index contributed by atoms with van der Waals surface area (Å²) in [5.74, 6) is -0.334. The van der Waals surface area contributed by atoms with Gasteiger partial charge in [-0.1, -0.05) is 0 Å². The average Bonchev–Trinajstić information content (AvgIpc) is 2.63. The lowest BCUT2D eigenvalue weighted by molar-refractivity contribution is 0.0900. The van der Waals surface area contributed by atoms with Crippen molar-refractivity contribution in [2.45, 2.75) is 12.8 Å². The molecule has 25 heavy (non-hydrogen) atoms. The average molecular weight is 346 g/mol. The second-order valence-corrected chi connectivity index (χ2v) is 6.23. The number of benzene rings is 1. The van der Waals surface area contributed by atoms with Crippen LogP contribution >= 0.6 is 0 Å². The Bertz CT molecular complexity index is 909. The largest absolute Gasteiger partial charge is 0.351 e. The maximum absolute atomic E-state index is 13.0. The number of ketones is 1. The molecule has 0 N–H and O–H groups in total. The minimum Gasteiger partial charge on any atom is -0.351 e. The second-order valence-electron chi connectivity index (χ2n) is 6.23. The number of rotatable bonds is 3. The summed E-state index contributed by atoms with van der Waals surface area (Å²) in [4.78, 5) is 38.3. The van der Waals surface area contributed by atoms with Crippen molar-refractivity contribution >= 4 is 11.6 Å². The van der Waals surface area contributed by atoms with Crippen molar-refractivity contribution in [3.63, 3.8) is 0 Å². The molecule has 0 radical (unpaired) electrons. The predicted molar refractivity (Wildman–Crippen MR) is 90.4 cm³/mol. The number of aromatic nitrogens is 3. The number of anilines is 1. The van der Waals surface area contributed by atoms with Crippen LogP contribution in [0.4, 0.5) is 10.2 Å². The first kappa shape index (κ1) is 17.1. The van der Waals surface area contributed by atoms with Crippen LogP contribution in [-0.2, 0) is 14.1 Å². The summed E-state index contributed by atoms with van der Waals surface area (Å²) < 4.78 is 15.1. The van der Waals surface area contributed by atoms with Gasteiger partial charge in [0.1, 0.15) is 5.82 Å². The number of hydrogen-bond donors (Lipinski definition) is 0. The molecule has 0 aliphatic carbocycles. The van der Waals surface area contributed by atoms with E-state index in [1.165, 1.54) is 38.4 Å². The third-order valence-corrected chi connectivity index (χ3v) is 4.60. The van der Waals surface area contributed by atoms with Crippen molar-refractivity contribution < 1.29 is 9.18 Å². The van der Waals surface area contributed by atoms with Crippen LogP contribution in [0, 0.1) is 11.7 Å². The van der Waals surface area contributed by atoms with Crippen molar-refractivity contribution in [1.29, 1.82) is 0 Å². The summed E-state index contributed by atoms with van der Waals surface area (Å²) in [6, 6.07) is 5.55. The van der Waals surface area contributed by atoms with Crippen molar-refractivity contribution in [3.05, 3.63) is 56.5 Å². The number of Topliss-reactive ketones (excluding diaryl/α,β-unsaturated/α-hetero) is 1. The minimum atomic E-state index is -0.477. The fourth-order valence-electron chi connectivity index (χ4n) is 3.08. The molecule has 0 atom stereocenters. The van der Waals surface area contributed by atoms with Gasteiger partial charge >= 0.3 is 5.69 Å². The van der Waals surface area contributed by atoms with Gasteiger partial charge in [-0.3, -0.25) is 14.2 Å². The number of nitrogens with zero attached hydrogens (tertiary/aromatic N) is 4. The molecule has 1 fully saturated rings. The lowest BCUT2D eigenvalue weighted by Gasteiger charge is -2.31. The zero-order valence-corrected chi connectivity index (χ0v) is 14.1. The number of piperidine rings is 1. The summed E-state index contributed by atoms with van der Waals surface area (Å²) in [7, 11) is 2.91. The van der Waals surface area contributed by atoms with Crippen molar-refractivity contribution in [2.75, 3.05) is 18.0 Å². The Labute approximate surface area is 143 Å². The highest BCUT2D eigenvalue weighted by Gasteiger charge is 2.28. The van der Waals surface area contributed by atoms with Gasteiger partial charge in [0, 0.05) is 38.7 Å². The van der Waals surface area contributed by atoms with Gasteiger partial charge in [0.05, 0.1) is 0 Å². The van der Waals surface area contributed by atoms with Gasteiger partial charge in [0.15, 0.2) is 5.78 Å². The van der Waals surface area contributed by atoms with E-state index in [0.29, 0.717) is 31.5 Å². The Kier molecular flexibility index (Phi) is 4.52. The third kappa shape index (κ3) is 3.24. The monoisotopic (exact) mass is 346 g/mol. The van der Waals surface area contributed by atoms with E-state index in [2.05, 4.69) is 5.10 Å². The molecule has 132 valence electrons. The molecule has 0 bridgehead atoms. The molecule has 0 spiro atoms. The quantitative estimate of drug-likeness (QED) is 0.766. The Balaban J connectivity index is 1.74. The Morgan fingerprint density at radius 1 is 1.12 bits per heavy atom. The van der Waals surface area contributed by atoms with Gasteiger partial charge in [-0.15, -0.1) is 5.10 Å². The molecule has 1 aromatic heterocycles. The van der Waals surface area contributed by atoms with Crippen LogP contribution < -0.4 is 16.1 Å². The van der Waals surface area contributed by atoms with Crippen molar-refractivity contribution in [2.24, 2.45) is 20.0 Å². The summed E-state index contributed by atoms with van der Waals surface area (Å²) in [5, 5.41) is 4.06. The van der Waals surface area contributed by atoms with E-state index in [-0.39, 0.29) is 23.3 Å². The van der Waals surface area contributed by atoms with E-state index in [1.807, 2.05) is 0 Å². The Morgan fingerprint density at radius 2 is 1.72 bits per heavy atom. The molecule has 1 aliphatic rings. The van der Waals surface area contributed by atoms with E-state index < -0.39 is 11.2 Å². The molecule has 2 heterocycles. The van der Waals surface area contributed by atoms with Crippen LogP contribution in [0.25, 0.3) is 0 Å². The SMILES string of the molecule is Cn1nc(N2CCC(C(=O)c3ccc(F)cc3)CC2)c(=O)n(C)c1=O. The number of aryl methyl sites for hydroxylation is 1. The molecule has 1 saturated heterocycles. The molecule has 2 aromatic rings. The number of carbonyl (C=O) groups excluding carboxylic acids is 1. The second kappa shape index (κ2) is 6.62. The summed E-state index contributed by atoms with van der Waals surface area (Å²) in [6.45, 7) is 0.996. The van der Waals surface area contributed by atoms with Crippen LogP contribution in [0.1, 0.15) is 23.2 Å². The zero-order chi connectivity index (χ0) is 18.1. The maximum atomic E-state index is 13.0. The van der Waals surface area contributed by atoms with Crippen LogP contribution in [-0.4, -0.2) is 33.2 Å². The molecular weight excluding hydrogens is 327 g/mol. The first-order valence-electron chi connectivity index (χ1n) is 8.07. The fourth-order valence-corrected chi connectivity index (χ4v) is 3.08. The highest BCUT2D eigenvalue weighted by Crippen LogP contribution is 2.23. The fraction of sp³-hybridized carbons (Fsp3) is 0.412. The Morgan fingerprint density at radius 3 is 2.32 bits per heavy atom. The molecular formula is C17H19FN4O3. The van der Waals surface area contributed by atoms with Gasteiger partial charge in [-0.2, -0.15) is 0 Å². The molecule has 1 aromatic carbocycles. The number of carbonyl (C=O) groups is 1. The number of halogens is 1. The maximum Gasteiger partial charge on any atom is 0.346 e. The molecule has 0 unspecified atom stereocenters. The first-order chi connectivity index (χ1) is 11.9. The zero-order valence-electron chi connectivity index (χ0n) is 14.1. The Hall–Kier alpha value is -2.77. The van der Waals surface area contributed by atoms with E-state index in [1.54, 1.807) is 4.90 Å². The highest BCUT2D eigenvalue weighted by atomic mass is 19.1. The van der Waals surface area contributed by atoms with E-state index in [9.17, 15) is 18.8 Å². The predicted octanol–water partition coefficient (Wildman–Crippen LogP) is 0.717. The lowest BCUT2D eigenvalue weighted by atomic mass is 9.89. The van der Waals surface area contributed by atoms with Crippen LogP contribution in [0.5, 0.6) is 0 Å². The highest BCUT2D eigenvalue weighted by molar-refractivity contribution is 5.97. The van der Waals surface area contributed by atoms with E-state index in [0.717, 1.165) is 9.25 Å². The number of hydrogen-bond acceptors (Lipinski definition) is 5. The molecule has 0 saturated carbocycles. The lowest BCUT2D eigenvalue weighted by Crippen LogP contribution is -2.45. The molecule has 3 rings (SSSR count). The summed E-state index contributed by atoms with van der Waals surface area (Å²) >= 11 is 0. The van der Waals surface area contributed by atoms with Crippen LogP contribution in [0.2, 0.25) is 0 Å². The van der Waals surface area contributed by atoms with Gasteiger partial charge in [-0.05, 0) is 37.1 Å². The molecule has 1 aliphatic heterocycles. The van der Waals surface area contributed by atoms with Gasteiger partial charge in [0.25, 0.3) is 5.56 Å². The van der Waals surface area contributed by atoms with E-state index in [4.69, 9.17) is 0 Å². The summed E-state index contributed by atoms with van der Waals surface area (Å²) in [6.07, 6.45) is 1.15. The van der Waals surface area contributed by atoms with Crippen LogP contribution in [0.3, 0.4) is 0 Å². The standard InChI is InChI=1S/C17H19FN4O3/c1-20-16(24)15(19-21(2)17(20)25)22-9-7-12(8-10-22)14(23)11-3-5-13(18)6-4-11/h3-6,12H,7-10H2,1-2H3.